The lowest BCUT2D eigenvalue weighted by Crippen LogP contribution is -3.62. The molecule has 9 heteroatoms. The van der Waals surface area contributed by atoms with E-state index in [-0.39, 0.29) is 0 Å². The highest BCUT2D eigenvalue weighted by atomic mass is 127. The molecule has 0 heterocycles. The van der Waals surface area contributed by atoms with Crippen LogP contribution in [0.4, 0.5) is 13.2 Å². The van der Waals surface area contributed by atoms with E-state index in [1.54, 1.807) is 6.07 Å². The number of ether oxygens (including phenoxy) is 1. The molecule has 0 aliphatic rings. The quantitative estimate of drug-likeness (QED) is 0.481. The molecule has 0 saturated carbocycles. The second-order valence-electron chi connectivity index (χ2n) is 2.70. The molecule has 0 aliphatic carbocycles. The first-order valence-corrected chi connectivity index (χ1v) is 7.42. The highest BCUT2D eigenvalue weighted by Gasteiger charge is 2.52. The number of hydrogen-bond donors (Lipinski definition) is 0. The summed E-state index contributed by atoms with van der Waals surface area (Å²) in [7, 11) is -4.11. The highest BCUT2D eigenvalue weighted by molar-refractivity contribution is 7.87. The molecular formula is C8H7F3IO4S+. The van der Waals surface area contributed by atoms with Gasteiger partial charge in [-0.15, -0.1) is 0 Å². The zero-order chi connectivity index (χ0) is 13.1. The van der Waals surface area contributed by atoms with Crippen LogP contribution >= 0.6 is 0 Å². The summed E-state index contributed by atoms with van der Waals surface area (Å²) in [6.45, 7) is 0. The molecule has 0 aromatic heterocycles. The summed E-state index contributed by atoms with van der Waals surface area (Å²) >= 11 is -1.74. The van der Waals surface area contributed by atoms with Gasteiger partial charge in [0.2, 0.25) is 3.57 Å². The van der Waals surface area contributed by atoms with Crippen molar-refractivity contribution < 1.29 is 50.5 Å². The van der Waals surface area contributed by atoms with Gasteiger partial charge in [-0.2, -0.15) is 21.6 Å². The maximum Gasteiger partial charge on any atom is 0.540 e. The molecule has 0 saturated heterocycles. The number of rotatable bonds is 4. The van der Waals surface area contributed by atoms with E-state index in [1.807, 2.05) is 0 Å². The molecule has 0 atom stereocenters. The van der Waals surface area contributed by atoms with E-state index in [1.165, 1.54) is 25.3 Å². The minimum atomic E-state index is -5.51. The van der Waals surface area contributed by atoms with Crippen molar-refractivity contribution in [3.63, 3.8) is 0 Å². The Kier molecular flexibility index (Phi) is 4.61. The predicted molar refractivity (Wildman–Crippen MR) is 47.8 cm³/mol. The van der Waals surface area contributed by atoms with Crippen LogP contribution in [0.15, 0.2) is 24.3 Å². The Bertz CT molecular complexity index is 486. The molecule has 0 amide bonds. The summed E-state index contributed by atoms with van der Waals surface area (Å²) in [5.74, 6) is 0.426. The summed E-state index contributed by atoms with van der Waals surface area (Å²) in [4.78, 5) is 0. The van der Waals surface area contributed by atoms with Crippen LogP contribution in [0.25, 0.3) is 0 Å². The summed E-state index contributed by atoms with van der Waals surface area (Å²) in [5.41, 5.74) is -5.38. The molecule has 0 bridgehead atoms. The minimum Gasteiger partial charge on any atom is -0.497 e. The van der Waals surface area contributed by atoms with Crippen LogP contribution in [0.3, 0.4) is 0 Å². The fourth-order valence-electron chi connectivity index (χ4n) is 0.756. The van der Waals surface area contributed by atoms with E-state index in [0.717, 1.165) is 0 Å². The highest BCUT2D eigenvalue weighted by Crippen LogP contribution is 2.22. The van der Waals surface area contributed by atoms with Gasteiger partial charge in [-0.05, 0) is 12.1 Å². The van der Waals surface area contributed by atoms with Gasteiger partial charge in [0.05, 0.1) is 7.11 Å². The first-order chi connectivity index (χ1) is 7.76. The summed E-state index contributed by atoms with van der Waals surface area (Å²) in [5, 5.41) is 0. The second kappa shape index (κ2) is 5.40. The average molecular weight is 383 g/mol. The van der Waals surface area contributed by atoms with Crippen molar-refractivity contribution in [3.8, 4) is 5.75 Å². The average Bonchev–Trinajstić information content (AvgIpc) is 2.25. The molecule has 96 valence electrons. The van der Waals surface area contributed by atoms with E-state index in [9.17, 15) is 21.6 Å². The smallest absolute Gasteiger partial charge is 0.497 e. The van der Waals surface area contributed by atoms with Gasteiger partial charge >= 0.3 is 37.2 Å². The third-order valence-corrected chi connectivity index (χ3v) is 5.45. The first kappa shape index (κ1) is 14.5. The molecule has 0 fully saturated rings. The predicted octanol–water partition coefficient (Wildman–Crippen LogP) is -1.27. The largest absolute Gasteiger partial charge is 0.540 e. The SMILES string of the molecule is COc1cccc([I+]OS(=O)(=O)C(F)(F)F)c1. The van der Waals surface area contributed by atoms with Gasteiger partial charge < -0.3 is 4.74 Å². The van der Waals surface area contributed by atoms with Crippen LogP contribution in [-0.4, -0.2) is 21.0 Å². The molecule has 1 aromatic carbocycles. The van der Waals surface area contributed by atoms with Crippen LogP contribution in [-0.2, 0) is 12.6 Å². The van der Waals surface area contributed by atoms with E-state index in [4.69, 9.17) is 4.74 Å². The zero-order valence-electron chi connectivity index (χ0n) is 8.36. The Morgan fingerprint density at radius 1 is 1.29 bits per heavy atom. The molecule has 0 aliphatic heterocycles. The Balaban J connectivity index is 2.74. The molecule has 1 rings (SSSR count). The van der Waals surface area contributed by atoms with E-state index >= 15 is 0 Å². The third-order valence-electron chi connectivity index (χ3n) is 1.52. The maximum absolute atomic E-state index is 12.0. The second-order valence-corrected chi connectivity index (χ2v) is 6.96. The van der Waals surface area contributed by atoms with Gasteiger partial charge in [-0.3, -0.25) is 0 Å². The number of alkyl halides is 3. The Labute approximate surface area is 107 Å². The van der Waals surface area contributed by atoms with Crippen molar-refractivity contribution in [1.82, 2.24) is 0 Å². The van der Waals surface area contributed by atoms with Crippen molar-refractivity contribution >= 4 is 10.1 Å². The molecule has 0 spiro atoms. The lowest BCUT2D eigenvalue weighted by molar-refractivity contribution is -0.838. The third kappa shape index (κ3) is 4.00. The first-order valence-electron chi connectivity index (χ1n) is 4.05. The molecule has 1 aromatic rings. The number of methoxy groups -OCH3 is 1. The van der Waals surface area contributed by atoms with Gasteiger partial charge in [-0.1, -0.05) is 6.07 Å². The molecule has 0 radical (unpaired) electrons. The van der Waals surface area contributed by atoms with Gasteiger partial charge in [0.25, 0.3) is 0 Å². The monoisotopic (exact) mass is 383 g/mol. The van der Waals surface area contributed by atoms with Crippen molar-refractivity contribution in [1.29, 1.82) is 0 Å². The summed E-state index contributed by atoms with van der Waals surface area (Å²) < 4.78 is 66.3. The lowest BCUT2D eigenvalue weighted by Gasteiger charge is -2.00. The standard InChI is InChI=1S/C8H7F3IO4S/c1-15-7-4-2-3-6(5-7)12-16-17(13,14)8(9,10)11/h2-5H,1H3/q+1. The lowest BCUT2D eigenvalue weighted by atomic mass is 10.3. The Hall–Kier alpha value is -0.550. The molecule has 0 N–H and O–H groups in total. The van der Waals surface area contributed by atoms with E-state index in [2.05, 4.69) is 2.51 Å². The minimum absolute atomic E-state index is 0.371. The Morgan fingerprint density at radius 2 is 1.94 bits per heavy atom. The fraction of sp³-hybridized carbons (Fsp3) is 0.250. The molecule has 4 nitrogen and oxygen atoms in total. The van der Waals surface area contributed by atoms with Crippen molar-refractivity contribution in [3.05, 3.63) is 27.8 Å². The fourth-order valence-corrected chi connectivity index (χ4v) is 3.72. The van der Waals surface area contributed by atoms with E-state index in [0.29, 0.717) is 9.32 Å². The zero-order valence-corrected chi connectivity index (χ0v) is 11.3. The van der Waals surface area contributed by atoms with Crippen molar-refractivity contribution in [2.75, 3.05) is 7.11 Å². The maximum atomic E-state index is 12.0. The topological polar surface area (TPSA) is 52.6 Å². The number of halogens is 4. The van der Waals surface area contributed by atoms with Crippen molar-refractivity contribution in [2.45, 2.75) is 5.51 Å². The molecule has 17 heavy (non-hydrogen) atoms. The van der Waals surface area contributed by atoms with Gasteiger partial charge in [-0.25, -0.2) is 0 Å². The van der Waals surface area contributed by atoms with Crippen molar-refractivity contribution in [2.24, 2.45) is 0 Å². The van der Waals surface area contributed by atoms with Gasteiger partial charge in [0.15, 0.2) is 0 Å². The van der Waals surface area contributed by atoms with Gasteiger partial charge in [0, 0.05) is 8.58 Å². The van der Waals surface area contributed by atoms with Crippen LogP contribution in [0.5, 0.6) is 5.75 Å². The van der Waals surface area contributed by atoms with Gasteiger partial charge in [0.1, 0.15) is 5.75 Å². The number of hydrogen-bond acceptors (Lipinski definition) is 4. The Morgan fingerprint density at radius 3 is 2.47 bits per heavy atom. The molecule has 0 unspecified atom stereocenters. The van der Waals surface area contributed by atoms with Crippen LogP contribution in [0.1, 0.15) is 0 Å². The summed E-state index contributed by atoms with van der Waals surface area (Å²) in [6.07, 6.45) is 0. The van der Waals surface area contributed by atoms with E-state index < -0.39 is 37.2 Å². The molecular weight excluding hydrogens is 376 g/mol. The number of benzene rings is 1. The summed E-state index contributed by atoms with van der Waals surface area (Å²) in [6, 6.07) is 6.03. The van der Waals surface area contributed by atoms with Crippen LogP contribution < -0.4 is 26.4 Å². The van der Waals surface area contributed by atoms with Crippen LogP contribution in [0.2, 0.25) is 0 Å². The van der Waals surface area contributed by atoms with Crippen LogP contribution in [0, 0.1) is 3.57 Å². The normalized spacial score (nSPS) is 12.5.